The number of rotatable bonds is 3. The Bertz CT molecular complexity index is 780. The Balaban J connectivity index is 2.10. The number of benzene rings is 1. The normalized spacial score (nSPS) is 20.7. The van der Waals surface area contributed by atoms with Gasteiger partial charge >= 0.3 is 12.0 Å². The van der Waals surface area contributed by atoms with E-state index in [1.807, 2.05) is 0 Å². The average molecular weight is 348 g/mol. The van der Waals surface area contributed by atoms with E-state index in [-0.39, 0.29) is 11.3 Å². The molecule has 4 amide bonds. The third-order valence-corrected chi connectivity index (χ3v) is 4.39. The van der Waals surface area contributed by atoms with Crippen molar-refractivity contribution < 1.29 is 33.4 Å². The molecule has 0 unspecified atom stereocenters. The van der Waals surface area contributed by atoms with Gasteiger partial charge in [-0.15, -0.1) is 0 Å². The minimum Gasteiger partial charge on any atom is -0.493 e. The number of fused-ring (bicyclic) bond motifs is 1. The van der Waals surface area contributed by atoms with Gasteiger partial charge in [-0.1, -0.05) is 6.07 Å². The van der Waals surface area contributed by atoms with Crippen LogP contribution < -0.4 is 9.47 Å². The van der Waals surface area contributed by atoms with Crippen LogP contribution in [-0.2, 0) is 14.3 Å². The molecule has 2 aliphatic rings. The fourth-order valence-corrected chi connectivity index (χ4v) is 3.07. The van der Waals surface area contributed by atoms with Crippen LogP contribution in [0.5, 0.6) is 11.5 Å². The first-order valence-electron chi connectivity index (χ1n) is 7.38. The van der Waals surface area contributed by atoms with Crippen molar-refractivity contribution in [1.82, 2.24) is 9.80 Å². The first kappa shape index (κ1) is 16.7. The van der Waals surface area contributed by atoms with E-state index >= 15 is 0 Å². The SMILES string of the molecule is COc1ccc2c(c1OC)C(=O)O[C@@H]2C1C(=O)N(C)C(=O)N(C)C1=O. The van der Waals surface area contributed by atoms with Gasteiger partial charge in [-0.05, 0) is 6.07 Å². The second-order valence-corrected chi connectivity index (χ2v) is 5.65. The van der Waals surface area contributed by atoms with Crippen molar-refractivity contribution >= 4 is 23.8 Å². The molecule has 0 N–H and O–H groups in total. The molecule has 0 spiro atoms. The summed E-state index contributed by atoms with van der Waals surface area (Å²) in [6.45, 7) is 0. The van der Waals surface area contributed by atoms with Crippen LogP contribution >= 0.6 is 0 Å². The highest BCUT2D eigenvalue weighted by Crippen LogP contribution is 2.45. The van der Waals surface area contributed by atoms with Crippen molar-refractivity contribution in [3.8, 4) is 11.5 Å². The van der Waals surface area contributed by atoms with Crippen molar-refractivity contribution in [2.75, 3.05) is 28.3 Å². The number of imide groups is 2. The summed E-state index contributed by atoms with van der Waals surface area (Å²) in [6, 6.07) is 2.37. The van der Waals surface area contributed by atoms with E-state index in [1.54, 1.807) is 12.1 Å². The topological polar surface area (TPSA) is 102 Å². The molecule has 0 aromatic heterocycles. The zero-order chi connectivity index (χ0) is 18.5. The Morgan fingerprint density at radius 2 is 1.56 bits per heavy atom. The lowest BCUT2D eigenvalue weighted by molar-refractivity contribution is -0.152. The van der Waals surface area contributed by atoms with E-state index in [0.29, 0.717) is 11.3 Å². The number of methoxy groups -OCH3 is 2. The lowest BCUT2D eigenvalue weighted by atomic mass is 9.90. The maximum Gasteiger partial charge on any atom is 0.343 e. The van der Waals surface area contributed by atoms with Crippen LogP contribution in [-0.4, -0.2) is 61.9 Å². The fourth-order valence-electron chi connectivity index (χ4n) is 3.07. The van der Waals surface area contributed by atoms with E-state index in [4.69, 9.17) is 14.2 Å². The summed E-state index contributed by atoms with van der Waals surface area (Å²) >= 11 is 0. The number of amides is 4. The van der Waals surface area contributed by atoms with E-state index in [2.05, 4.69) is 0 Å². The summed E-state index contributed by atoms with van der Waals surface area (Å²) in [7, 11) is 5.33. The van der Waals surface area contributed by atoms with Crippen LogP contribution in [0.25, 0.3) is 0 Å². The predicted octanol–water partition coefficient (Wildman–Crippen LogP) is 0.582. The Morgan fingerprint density at radius 1 is 0.960 bits per heavy atom. The molecule has 2 aliphatic heterocycles. The summed E-state index contributed by atoms with van der Waals surface area (Å²) in [6.07, 6.45) is -1.14. The number of carbonyl (C=O) groups is 4. The van der Waals surface area contributed by atoms with Crippen LogP contribution in [0.15, 0.2) is 12.1 Å². The number of ether oxygens (including phenoxy) is 3. The van der Waals surface area contributed by atoms with Crippen LogP contribution in [0, 0.1) is 5.92 Å². The Morgan fingerprint density at radius 3 is 2.08 bits per heavy atom. The number of carbonyl (C=O) groups excluding carboxylic acids is 4. The Labute approximate surface area is 143 Å². The van der Waals surface area contributed by atoms with E-state index < -0.39 is 35.8 Å². The quantitative estimate of drug-likeness (QED) is 0.581. The number of nitrogens with zero attached hydrogens (tertiary/aromatic N) is 2. The van der Waals surface area contributed by atoms with E-state index in [1.165, 1.54) is 28.3 Å². The molecule has 1 aromatic carbocycles. The van der Waals surface area contributed by atoms with Gasteiger partial charge in [0.2, 0.25) is 11.8 Å². The number of cyclic esters (lactones) is 1. The molecule has 0 radical (unpaired) electrons. The molecule has 1 saturated heterocycles. The first-order chi connectivity index (χ1) is 11.8. The number of hydrogen-bond acceptors (Lipinski definition) is 7. The number of urea groups is 1. The molecule has 0 bridgehead atoms. The molecule has 1 fully saturated rings. The summed E-state index contributed by atoms with van der Waals surface area (Å²) in [5.74, 6) is -3.03. The molecule has 2 heterocycles. The number of barbiturate groups is 1. The van der Waals surface area contributed by atoms with Gasteiger partial charge in [0.25, 0.3) is 0 Å². The van der Waals surface area contributed by atoms with Gasteiger partial charge in [0.1, 0.15) is 11.7 Å². The van der Waals surface area contributed by atoms with Gasteiger partial charge in [-0.25, -0.2) is 9.59 Å². The van der Waals surface area contributed by atoms with Crippen LogP contribution in [0.2, 0.25) is 0 Å². The molecule has 0 saturated carbocycles. The van der Waals surface area contributed by atoms with Gasteiger partial charge in [0.15, 0.2) is 17.4 Å². The first-order valence-corrected chi connectivity index (χ1v) is 7.38. The second kappa shape index (κ2) is 5.76. The molecular weight excluding hydrogens is 332 g/mol. The molecule has 9 nitrogen and oxygen atoms in total. The molecule has 132 valence electrons. The summed E-state index contributed by atoms with van der Waals surface area (Å²) in [5, 5.41) is 0. The van der Waals surface area contributed by atoms with Crippen molar-refractivity contribution in [1.29, 1.82) is 0 Å². The fraction of sp³-hybridized carbons (Fsp3) is 0.375. The lowest BCUT2D eigenvalue weighted by Gasteiger charge is -2.34. The summed E-state index contributed by atoms with van der Waals surface area (Å²) in [5.41, 5.74) is 0.445. The molecule has 1 atom stereocenters. The van der Waals surface area contributed by atoms with Crippen molar-refractivity contribution in [2.45, 2.75) is 6.10 Å². The molecule has 9 heteroatoms. The minimum absolute atomic E-state index is 0.106. The maximum atomic E-state index is 12.5. The Kier molecular flexibility index (Phi) is 3.86. The van der Waals surface area contributed by atoms with Crippen molar-refractivity contribution in [3.63, 3.8) is 0 Å². The number of esters is 1. The van der Waals surface area contributed by atoms with Crippen LogP contribution in [0.4, 0.5) is 4.79 Å². The van der Waals surface area contributed by atoms with Gasteiger partial charge in [0, 0.05) is 19.7 Å². The standard InChI is InChI=1S/C16H16N2O7/c1-17-13(19)10(14(20)18(2)16(17)22)11-7-5-6-8(23-3)12(24-4)9(7)15(21)25-11/h5-6,10-11H,1-4H3/t11-/m0/s1. The summed E-state index contributed by atoms with van der Waals surface area (Å²) in [4.78, 5) is 50.8. The monoisotopic (exact) mass is 348 g/mol. The molecule has 25 heavy (non-hydrogen) atoms. The third kappa shape index (κ3) is 2.23. The van der Waals surface area contributed by atoms with Gasteiger partial charge in [-0.2, -0.15) is 0 Å². The predicted molar refractivity (Wildman–Crippen MR) is 82.1 cm³/mol. The minimum atomic E-state index is -1.34. The highest BCUT2D eigenvalue weighted by Gasteiger charge is 2.52. The lowest BCUT2D eigenvalue weighted by Crippen LogP contribution is -2.58. The largest absolute Gasteiger partial charge is 0.493 e. The van der Waals surface area contributed by atoms with Gasteiger partial charge < -0.3 is 14.2 Å². The zero-order valence-corrected chi connectivity index (χ0v) is 14.1. The van der Waals surface area contributed by atoms with Crippen LogP contribution in [0.1, 0.15) is 22.0 Å². The Hall–Kier alpha value is -3.10. The second-order valence-electron chi connectivity index (χ2n) is 5.65. The zero-order valence-electron chi connectivity index (χ0n) is 14.1. The highest BCUT2D eigenvalue weighted by atomic mass is 16.6. The van der Waals surface area contributed by atoms with Gasteiger partial charge in [0.05, 0.1) is 14.2 Å². The van der Waals surface area contributed by atoms with E-state index in [9.17, 15) is 19.2 Å². The van der Waals surface area contributed by atoms with Gasteiger partial charge in [-0.3, -0.25) is 19.4 Å². The van der Waals surface area contributed by atoms with Crippen molar-refractivity contribution in [3.05, 3.63) is 23.3 Å². The average Bonchev–Trinajstić information content (AvgIpc) is 2.94. The molecule has 1 aromatic rings. The smallest absolute Gasteiger partial charge is 0.343 e. The van der Waals surface area contributed by atoms with E-state index in [0.717, 1.165) is 9.80 Å². The van der Waals surface area contributed by atoms with Crippen LogP contribution in [0.3, 0.4) is 0 Å². The molecule has 3 rings (SSSR count). The highest BCUT2D eigenvalue weighted by molar-refractivity contribution is 6.16. The molecular formula is C16H16N2O7. The maximum absolute atomic E-state index is 12.5. The third-order valence-electron chi connectivity index (χ3n) is 4.39. The van der Waals surface area contributed by atoms with Crippen molar-refractivity contribution in [2.24, 2.45) is 5.92 Å². The molecule has 0 aliphatic carbocycles. The number of hydrogen-bond donors (Lipinski definition) is 0. The summed E-state index contributed by atoms with van der Waals surface area (Å²) < 4.78 is 15.7.